The molecular formula is C29H26FN3O3. The molecular weight excluding hydrogens is 457 g/mol. The summed E-state index contributed by atoms with van der Waals surface area (Å²) in [7, 11) is 0. The average molecular weight is 484 g/mol. The predicted molar refractivity (Wildman–Crippen MR) is 135 cm³/mol. The van der Waals surface area contributed by atoms with Gasteiger partial charge in [-0.15, -0.1) is 0 Å². The normalized spacial score (nSPS) is 14.1. The largest absolute Gasteiger partial charge is 0.472 e. The van der Waals surface area contributed by atoms with Crippen molar-refractivity contribution in [3.63, 3.8) is 0 Å². The lowest BCUT2D eigenvalue weighted by molar-refractivity contribution is 0.0598. The summed E-state index contributed by atoms with van der Waals surface area (Å²) in [6.07, 6.45) is 2.68. The first-order chi connectivity index (χ1) is 17.6. The highest BCUT2D eigenvalue weighted by atomic mass is 19.1. The maximum atomic E-state index is 14.0. The first-order valence-corrected chi connectivity index (χ1v) is 11.9. The summed E-state index contributed by atoms with van der Waals surface area (Å²) >= 11 is 0. The number of carbonyl (C=O) groups is 2. The van der Waals surface area contributed by atoms with Crippen LogP contribution in [0.5, 0.6) is 0 Å². The molecule has 0 saturated carbocycles. The summed E-state index contributed by atoms with van der Waals surface area (Å²) in [4.78, 5) is 30.1. The predicted octanol–water partition coefficient (Wildman–Crippen LogP) is 5.22. The first kappa shape index (κ1) is 23.5. The molecule has 0 aliphatic carbocycles. The Hall–Kier alpha value is -4.23. The molecule has 0 unspecified atom stereocenters. The van der Waals surface area contributed by atoms with Gasteiger partial charge in [-0.05, 0) is 35.4 Å². The van der Waals surface area contributed by atoms with Gasteiger partial charge in [0.15, 0.2) is 0 Å². The summed E-state index contributed by atoms with van der Waals surface area (Å²) in [6, 6.07) is 26.1. The molecule has 4 aromatic rings. The van der Waals surface area contributed by atoms with Gasteiger partial charge in [-0.2, -0.15) is 0 Å². The third kappa shape index (κ3) is 5.06. The second-order valence-corrected chi connectivity index (χ2v) is 8.71. The van der Waals surface area contributed by atoms with Crippen LogP contribution >= 0.6 is 0 Å². The van der Waals surface area contributed by atoms with Crippen molar-refractivity contribution < 1.29 is 18.4 Å². The molecule has 182 valence electrons. The summed E-state index contributed by atoms with van der Waals surface area (Å²) in [6.45, 7) is 2.39. The summed E-state index contributed by atoms with van der Waals surface area (Å²) < 4.78 is 19.0. The standard InChI is InChI=1S/C29H26FN3O3/c30-24-11-12-25(26(19-24)31-28(34)23-13-18-36-20-23)29(35)33-16-14-32(15-17-33)27(21-7-3-1-4-8-21)22-9-5-2-6-10-22/h1-13,18-20,27H,14-17H2,(H,31,34). The number of benzene rings is 3. The molecule has 0 radical (unpaired) electrons. The minimum absolute atomic E-state index is 0.0836. The smallest absolute Gasteiger partial charge is 0.258 e. The zero-order valence-electron chi connectivity index (χ0n) is 19.6. The molecule has 3 aromatic carbocycles. The van der Waals surface area contributed by atoms with Gasteiger partial charge in [-0.3, -0.25) is 14.5 Å². The van der Waals surface area contributed by atoms with Crippen LogP contribution in [-0.4, -0.2) is 47.8 Å². The van der Waals surface area contributed by atoms with Crippen molar-refractivity contribution in [1.82, 2.24) is 9.80 Å². The van der Waals surface area contributed by atoms with E-state index < -0.39 is 11.7 Å². The number of carbonyl (C=O) groups excluding carboxylic acids is 2. The lowest BCUT2D eigenvalue weighted by atomic mass is 9.96. The molecule has 1 aliphatic rings. The third-order valence-electron chi connectivity index (χ3n) is 6.44. The van der Waals surface area contributed by atoms with Gasteiger partial charge in [0, 0.05) is 26.2 Å². The highest BCUT2D eigenvalue weighted by molar-refractivity contribution is 6.08. The minimum Gasteiger partial charge on any atom is -0.472 e. The molecule has 1 fully saturated rings. The monoisotopic (exact) mass is 483 g/mol. The molecule has 1 aromatic heterocycles. The van der Waals surface area contributed by atoms with E-state index in [1.54, 1.807) is 4.90 Å². The van der Waals surface area contributed by atoms with E-state index in [-0.39, 0.29) is 23.2 Å². The van der Waals surface area contributed by atoms with Crippen LogP contribution < -0.4 is 5.32 Å². The van der Waals surface area contributed by atoms with E-state index in [0.717, 1.165) is 0 Å². The van der Waals surface area contributed by atoms with Gasteiger partial charge in [-0.25, -0.2) is 4.39 Å². The van der Waals surface area contributed by atoms with Crippen molar-refractivity contribution in [1.29, 1.82) is 0 Å². The van der Waals surface area contributed by atoms with Crippen LogP contribution in [0.2, 0.25) is 0 Å². The minimum atomic E-state index is -0.535. The van der Waals surface area contributed by atoms with Crippen LogP contribution in [-0.2, 0) is 0 Å². The number of nitrogens with one attached hydrogen (secondary N) is 1. The summed E-state index contributed by atoms with van der Waals surface area (Å²) in [5.74, 6) is -1.25. The van der Waals surface area contributed by atoms with Crippen molar-refractivity contribution in [2.24, 2.45) is 0 Å². The van der Waals surface area contributed by atoms with Gasteiger partial charge in [0.25, 0.3) is 11.8 Å². The molecule has 36 heavy (non-hydrogen) atoms. The maximum absolute atomic E-state index is 14.0. The Balaban J connectivity index is 1.32. The summed E-state index contributed by atoms with van der Waals surface area (Å²) in [5.41, 5.74) is 3.08. The van der Waals surface area contributed by atoms with Crippen LogP contribution in [0, 0.1) is 5.82 Å². The lowest BCUT2D eigenvalue weighted by Gasteiger charge is -2.40. The molecule has 5 rings (SSSR count). The van der Waals surface area contributed by atoms with Crippen LogP contribution in [0.3, 0.4) is 0 Å². The number of piperazine rings is 1. The SMILES string of the molecule is O=C(Nc1cc(F)ccc1C(=O)N1CCN(C(c2ccccc2)c2ccccc2)CC1)c1ccoc1. The van der Waals surface area contributed by atoms with Crippen LogP contribution in [0.15, 0.2) is 102 Å². The molecule has 0 bridgehead atoms. The second-order valence-electron chi connectivity index (χ2n) is 8.71. The number of hydrogen-bond donors (Lipinski definition) is 1. The van der Waals surface area contributed by atoms with E-state index in [4.69, 9.17) is 4.42 Å². The lowest BCUT2D eigenvalue weighted by Crippen LogP contribution is -2.50. The molecule has 1 N–H and O–H groups in total. The Labute approximate surface area is 209 Å². The van der Waals surface area contributed by atoms with Gasteiger partial charge in [0.2, 0.25) is 0 Å². The molecule has 2 heterocycles. The number of halogens is 1. The average Bonchev–Trinajstić information content (AvgIpc) is 3.46. The fourth-order valence-corrected chi connectivity index (χ4v) is 4.63. The molecule has 7 heteroatoms. The van der Waals surface area contributed by atoms with Crippen molar-refractivity contribution in [2.75, 3.05) is 31.5 Å². The van der Waals surface area contributed by atoms with Gasteiger partial charge >= 0.3 is 0 Å². The molecule has 0 atom stereocenters. The highest BCUT2D eigenvalue weighted by Gasteiger charge is 2.29. The first-order valence-electron chi connectivity index (χ1n) is 11.9. The van der Waals surface area contributed by atoms with Gasteiger partial charge in [-0.1, -0.05) is 60.7 Å². The Morgan fingerprint density at radius 1 is 0.833 bits per heavy atom. The second kappa shape index (κ2) is 10.6. The van der Waals surface area contributed by atoms with Crippen molar-refractivity contribution in [3.8, 4) is 0 Å². The number of anilines is 1. The van der Waals surface area contributed by atoms with Gasteiger partial charge in [0.1, 0.15) is 12.1 Å². The molecule has 2 amide bonds. The Kier molecular flexibility index (Phi) is 6.91. The fourth-order valence-electron chi connectivity index (χ4n) is 4.63. The molecule has 1 aliphatic heterocycles. The number of furan rings is 1. The quantitative estimate of drug-likeness (QED) is 0.409. The Morgan fingerprint density at radius 3 is 2.06 bits per heavy atom. The number of hydrogen-bond acceptors (Lipinski definition) is 4. The van der Waals surface area contributed by atoms with Crippen LogP contribution in [0.25, 0.3) is 0 Å². The van der Waals surface area contributed by atoms with E-state index in [2.05, 4.69) is 34.5 Å². The fraction of sp³-hybridized carbons (Fsp3) is 0.172. The van der Waals surface area contributed by atoms with Crippen molar-refractivity contribution in [3.05, 3.63) is 126 Å². The Morgan fingerprint density at radius 2 is 1.47 bits per heavy atom. The summed E-state index contributed by atoms with van der Waals surface area (Å²) in [5, 5.41) is 2.65. The maximum Gasteiger partial charge on any atom is 0.258 e. The van der Waals surface area contributed by atoms with E-state index in [0.29, 0.717) is 31.7 Å². The van der Waals surface area contributed by atoms with E-state index >= 15 is 0 Å². The molecule has 0 spiro atoms. The van der Waals surface area contributed by atoms with Crippen LogP contribution in [0.4, 0.5) is 10.1 Å². The topological polar surface area (TPSA) is 65.8 Å². The van der Waals surface area contributed by atoms with Crippen molar-refractivity contribution >= 4 is 17.5 Å². The zero-order valence-corrected chi connectivity index (χ0v) is 19.6. The van der Waals surface area contributed by atoms with Crippen molar-refractivity contribution in [2.45, 2.75) is 6.04 Å². The number of amides is 2. The number of rotatable bonds is 6. The third-order valence-corrected chi connectivity index (χ3v) is 6.44. The van der Waals surface area contributed by atoms with E-state index in [1.807, 2.05) is 36.4 Å². The molecule has 1 saturated heterocycles. The molecule has 6 nitrogen and oxygen atoms in total. The zero-order chi connectivity index (χ0) is 24.9. The number of nitrogens with zero attached hydrogens (tertiary/aromatic N) is 2. The van der Waals surface area contributed by atoms with E-state index in [1.165, 1.54) is 47.9 Å². The van der Waals surface area contributed by atoms with E-state index in [9.17, 15) is 14.0 Å². The highest BCUT2D eigenvalue weighted by Crippen LogP contribution is 2.30. The van der Waals surface area contributed by atoms with Gasteiger partial charge < -0.3 is 14.6 Å². The Bertz CT molecular complexity index is 1280. The van der Waals surface area contributed by atoms with Gasteiger partial charge in [0.05, 0.1) is 29.1 Å². The van der Waals surface area contributed by atoms with Crippen LogP contribution in [0.1, 0.15) is 37.9 Å².